The van der Waals surface area contributed by atoms with Gasteiger partial charge in [-0.3, -0.25) is 0 Å². The molecular formula is C52H43N3. The Morgan fingerprint density at radius 3 is 2.02 bits per heavy atom. The van der Waals surface area contributed by atoms with E-state index in [1.54, 1.807) is 0 Å². The Labute approximate surface area is 323 Å². The molecule has 0 atom stereocenters. The smallest absolute Gasteiger partial charge is 0.0799 e. The van der Waals surface area contributed by atoms with Gasteiger partial charge in [-0.25, -0.2) is 4.99 Å². The first-order valence-corrected chi connectivity index (χ1v) is 18.8. The molecule has 8 rings (SSSR count). The highest BCUT2D eigenvalue weighted by Gasteiger charge is 2.17. The highest BCUT2D eigenvalue weighted by Crippen LogP contribution is 2.36. The average molecular weight is 710 g/mol. The molecule has 55 heavy (non-hydrogen) atoms. The van der Waals surface area contributed by atoms with Gasteiger partial charge in [0.1, 0.15) is 0 Å². The van der Waals surface area contributed by atoms with E-state index in [1.165, 1.54) is 38.1 Å². The van der Waals surface area contributed by atoms with Crippen LogP contribution in [0.3, 0.4) is 0 Å². The first-order chi connectivity index (χ1) is 27.0. The van der Waals surface area contributed by atoms with Crippen molar-refractivity contribution >= 4 is 49.6 Å². The van der Waals surface area contributed by atoms with Gasteiger partial charge in [-0.05, 0) is 81.4 Å². The van der Waals surface area contributed by atoms with E-state index in [4.69, 9.17) is 10.7 Å². The van der Waals surface area contributed by atoms with Crippen molar-refractivity contribution in [1.82, 2.24) is 4.57 Å². The number of nitrogens with two attached hydrogens (primary N) is 1. The van der Waals surface area contributed by atoms with Gasteiger partial charge in [0.25, 0.3) is 0 Å². The predicted octanol–water partition coefficient (Wildman–Crippen LogP) is 13.3. The van der Waals surface area contributed by atoms with Crippen molar-refractivity contribution in [2.75, 3.05) is 0 Å². The van der Waals surface area contributed by atoms with Crippen LogP contribution in [0, 0.1) is 0 Å². The maximum absolute atomic E-state index is 6.97. The summed E-state index contributed by atoms with van der Waals surface area (Å²) in [6, 6.07) is 59.7. The Morgan fingerprint density at radius 2 is 1.27 bits per heavy atom. The van der Waals surface area contributed by atoms with Crippen LogP contribution in [0.25, 0.3) is 60.7 Å². The number of fused-ring (bicyclic) bond motifs is 4. The van der Waals surface area contributed by atoms with Crippen molar-refractivity contribution in [2.24, 2.45) is 10.7 Å². The van der Waals surface area contributed by atoms with E-state index in [2.05, 4.69) is 182 Å². The normalized spacial score (nSPS) is 12.6. The molecule has 0 amide bonds. The van der Waals surface area contributed by atoms with Crippen LogP contribution in [0.2, 0.25) is 0 Å². The lowest BCUT2D eigenvalue weighted by Gasteiger charge is -2.16. The molecule has 1 heterocycles. The summed E-state index contributed by atoms with van der Waals surface area (Å²) >= 11 is 0. The summed E-state index contributed by atoms with van der Waals surface area (Å²) in [4.78, 5) is 5.28. The number of benzene rings is 7. The standard InChI is InChI=1S/C52H43N3/c1-4-17-49(53)48(34-37(5-2)42-32-33-51-47(35-42)46-25-14-15-27-50(46)55(51)43-22-10-7-11-23-43)52(41-19-8-6-9-20-41)54-36(3)38-28-30-40(31-29-38)45-26-16-21-39-18-12-13-24-44(39)45/h4,6-16,18-35H,1,3,5,17,53H2,2H3/b37-34+,49-48-,54-52?. The Hall–Kier alpha value is -6.97. The summed E-state index contributed by atoms with van der Waals surface area (Å²) < 4.78 is 2.34. The molecular weight excluding hydrogens is 667 g/mol. The molecule has 0 radical (unpaired) electrons. The van der Waals surface area contributed by atoms with Crippen molar-refractivity contribution in [3.05, 3.63) is 223 Å². The largest absolute Gasteiger partial charge is 0.401 e. The Morgan fingerprint density at radius 1 is 0.636 bits per heavy atom. The molecule has 8 aromatic rings. The van der Waals surface area contributed by atoms with E-state index in [1.807, 2.05) is 24.3 Å². The highest BCUT2D eigenvalue weighted by molar-refractivity contribution is 6.17. The highest BCUT2D eigenvalue weighted by atomic mass is 15.0. The Bertz CT molecular complexity index is 2770. The van der Waals surface area contributed by atoms with Crippen LogP contribution in [0.4, 0.5) is 0 Å². The molecule has 0 aliphatic rings. The lowest BCUT2D eigenvalue weighted by Crippen LogP contribution is -2.12. The van der Waals surface area contributed by atoms with Gasteiger partial charge in [-0.2, -0.15) is 0 Å². The molecule has 3 heteroatoms. The van der Waals surface area contributed by atoms with Crippen LogP contribution in [0.1, 0.15) is 36.5 Å². The number of allylic oxidation sites excluding steroid dienone is 4. The van der Waals surface area contributed by atoms with Crippen LogP contribution in [-0.4, -0.2) is 10.3 Å². The molecule has 2 N–H and O–H groups in total. The van der Waals surface area contributed by atoms with Gasteiger partial charge in [-0.15, -0.1) is 6.58 Å². The zero-order valence-electron chi connectivity index (χ0n) is 31.1. The fraction of sp³-hybridized carbons (Fsp3) is 0.0577. The first-order valence-electron chi connectivity index (χ1n) is 18.8. The van der Waals surface area contributed by atoms with Crippen LogP contribution in [0.5, 0.6) is 0 Å². The second-order valence-corrected chi connectivity index (χ2v) is 13.8. The fourth-order valence-corrected chi connectivity index (χ4v) is 7.57. The van der Waals surface area contributed by atoms with E-state index >= 15 is 0 Å². The van der Waals surface area contributed by atoms with Gasteiger partial charge in [0.05, 0.1) is 22.4 Å². The summed E-state index contributed by atoms with van der Waals surface area (Å²) in [5.41, 5.74) is 20.0. The molecule has 0 saturated heterocycles. The van der Waals surface area contributed by atoms with E-state index in [-0.39, 0.29) is 0 Å². The van der Waals surface area contributed by atoms with Crippen LogP contribution < -0.4 is 5.73 Å². The maximum atomic E-state index is 6.97. The zero-order valence-corrected chi connectivity index (χ0v) is 31.1. The van der Waals surface area contributed by atoms with E-state index < -0.39 is 0 Å². The van der Waals surface area contributed by atoms with Crippen molar-refractivity contribution < 1.29 is 0 Å². The third-order valence-corrected chi connectivity index (χ3v) is 10.3. The molecule has 0 unspecified atom stereocenters. The fourth-order valence-electron chi connectivity index (χ4n) is 7.57. The second-order valence-electron chi connectivity index (χ2n) is 13.8. The number of para-hydroxylation sites is 2. The van der Waals surface area contributed by atoms with E-state index in [0.717, 1.165) is 51.2 Å². The molecule has 0 bridgehead atoms. The number of nitrogens with zero attached hydrogens (tertiary/aromatic N) is 2. The van der Waals surface area contributed by atoms with Crippen molar-refractivity contribution in [2.45, 2.75) is 19.8 Å². The third-order valence-electron chi connectivity index (χ3n) is 10.3. The number of aromatic nitrogens is 1. The van der Waals surface area contributed by atoms with Crippen LogP contribution in [0.15, 0.2) is 211 Å². The predicted molar refractivity (Wildman–Crippen MR) is 236 cm³/mol. The number of hydrogen-bond acceptors (Lipinski definition) is 2. The van der Waals surface area contributed by atoms with Gasteiger partial charge in [0, 0.05) is 39.7 Å². The van der Waals surface area contributed by atoms with Crippen molar-refractivity contribution in [1.29, 1.82) is 0 Å². The zero-order chi connectivity index (χ0) is 37.7. The van der Waals surface area contributed by atoms with Gasteiger partial charge in [0.15, 0.2) is 0 Å². The molecule has 0 fully saturated rings. The minimum absolute atomic E-state index is 0.518. The van der Waals surface area contributed by atoms with Crippen LogP contribution in [-0.2, 0) is 0 Å². The topological polar surface area (TPSA) is 43.3 Å². The van der Waals surface area contributed by atoms with Crippen molar-refractivity contribution in [3.8, 4) is 16.8 Å². The monoisotopic (exact) mass is 709 g/mol. The van der Waals surface area contributed by atoms with Gasteiger partial charge in [-0.1, -0.05) is 159 Å². The molecule has 0 spiro atoms. The summed E-state index contributed by atoms with van der Waals surface area (Å²) in [7, 11) is 0. The second kappa shape index (κ2) is 15.6. The maximum Gasteiger partial charge on any atom is 0.0799 e. The molecule has 0 aliphatic carbocycles. The number of rotatable bonds is 11. The van der Waals surface area contributed by atoms with E-state index in [0.29, 0.717) is 17.8 Å². The van der Waals surface area contributed by atoms with Gasteiger partial charge < -0.3 is 10.3 Å². The molecule has 7 aromatic carbocycles. The summed E-state index contributed by atoms with van der Waals surface area (Å²) in [6.07, 6.45) is 5.39. The molecule has 0 aliphatic heterocycles. The number of aliphatic imine (C=N–C) groups is 1. The molecule has 3 nitrogen and oxygen atoms in total. The Balaban J connectivity index is 1.22. The van der Waals surface area contributed by atoms with Crippen LogP contribution >= 0.6 is 0 Å². The van der Waals surface area contributed by atoms with Crippen molar-refractivity contribution in [3.63, 3.8) is 0 Å². The first kappa shape index (κ1) is 35.1. The average Bonchev–Trinajstić information content (AvgIpc) is 3.57. The van der Waals surface area contributed by atoms with Gasteiger partial charge >= 0.3 is 0 Å². The summed E-state index contributed by atoms with van der Waals surface area (Å²) in [5.74, 6) is 0. The minimum atomic E-state index is 0.518. The number of hydrogen-bond donors (Lipinski definition) is 1. The minimum Gasteiger partial charge on any atom is -0.401 e. The lowest BCUT2D eigenvalue weighted by molar-refractivity contribution is 1.15. The summed E-state index contributed by atoms with van der Waals surface area (Å²) in [6.45, 7) is 10.7. The summed E-state index contributed by atoms with van der Waals surface area (Å²) in [5, 5.41) is 4.88. The molecule has 1 aromatic heterocycles. The quantitative estimate of drug-likeness (QED) is 0.0811. The SMILES string of the molecule is C=CC/C(N)=C(\C=C(/CC)c1ccc2c(c1)c1ccccc1n2-c1ccccc1)C(=NC(=C)c1ccc(-c2cccc3ccccc23)cc1)c1ccccc1. The molecule has 0 saturated carbocycles. The third kappa shape index (κ3) is 6.96. The lowest BCUT2D eigenvalue weighted by atomic mass is 9.93. The Kier molecular flexibility index (Phi) is 9.92. The van der Waals surface area contributed by atoms with E-state index in [9.17, 15) is 0 Å². The van der Waals surface area contributed by atoms with Gasteiger partial charge in [0.2, 0.25) is 0 Å². The molecule has 266 valence electrons.